The molecule has 0 spiro atoms. The molecule has 0 saturated carbocycles. The molecule has 0 aliphatic rings. The average Bonchev–Trinajstić information content (AvgIpc) is 2.72. The highest BCUT2D eigenvalue weighted by Gasteiger charge is 2.07. The molecule has 1 amide bonds. The van der Waals surface area contributed by atoms with Crippen LogP contribution in [-0.2, 0) is 4.79 Å². The molecule has 2 aromatic carbocycles. The molecule has 140 valence electrons. The van der Waals surface area contributed by atoms with Gasteiger partial charge in [-0.05, 0) is 36.8 Å². The van der Waals surface area contributed by atoms with Gasteiger partial charge in [0.25, 0.3) is 11.6 Å². The lowest BCUT2D eigenvalue weighted by Crippen LogP contribution is -2.25. The van der Waals surface area contributed by atoms with Crippen LogP contribution in [-0.4, -0.2) is 32.7 Å². The first-order chi connectivity index (χ1) is 13.5. The Kier molecular flexibility index (Phi) is 5.60. The molecule has 0 radical (unpaired) electrons. The van der Waals surface area contributed by atoms with Crippen LogP contribution in [0.3, 0.4) is 0 Å². The number of hydrogen-bond acceptors (Lipinski definition) is 8. The highest BCUT2D eigenvalue weighted by Crippen LogP contribution is 2.18. The molecule has 28 heavy (non-hydrogen) atoms. The molecule has 0 saturated heterocycles. The van der Waals surface area contributed by atoms with Crippen LogP contribution >= 0.6 is 0 Å². The van der Waals surface area contributed by atoms with Gasteiger partial charge in [-0.1, -0.05) is 12.1 Å². The van der Waals surface area contributed by atoms with Gasteiger partial charge in [0.15, 0.2) is 5.82 Å². The van der Waals surface area contributed by atoms with Crippen LogP contribution in [0, 0.1) is 10.1 Å². The predicted molar refractivity (Wildman–Crippen MR) is 105 cm³/mol. The molecular formula is C18H15N7O3. The van der Waals surface area contributed by atoms with E-state index in [1.54, 1.807) is 0 Å². The number of carbonyl (C=O) groups is 1. The Balaban J connectivity index is 1.61. The molecule has 3 aromatic rings. The minimum atomic E-state index is -0.510. The third-order valence-electron chi connectivity index (χ3n) is 3.68. The molecule has 10 nitrogen and oxygen atoms in total. The number of rotatable bonds is 6. The van der Waals surface area contributed by atoms with Crippen LogP contribution in [0.25, 0.3) is 10.9 Å². The van der Waals surface area contributed by atoms with Crippen molar-refractivity contribution in [3.8, 4) is 0 Å². The van der Waals surface area contributed by atoms with E-state index >= 15 is 0 Å². The van der Waals surface area contributed by atoms with Gasteiger partial charge in [-0.25, -0.2) is 15.4 Å². The van der Waals surface area contributed by atoms with Gasteiger partial charge in [0, 0.05) is 17.5 Å². The Morgan fingerprint density at radius 3 is 2.64 bits per heavy atom. The first kappa shape index (κ1) is 18.6. The SMILES string of the molecule is C/C(=N\Nc1ncnc2ccccc12)C(=O)N/N=C/c1ccc([N+](=O)[O-])cc1. The molecule has 0 aliphatic carbocycles. The molecule has 0 unspecified atom stereocenters. The van der Waals surface area contributed by atoms with Gasteiger partial charge < -0.3 is 0 Å². The third-order valence-corrected chi connectivity index (χ3v) is 3.68. The van der Waals surface area contributed by atoms with Crippen LogP contribution in [0.1, 0.15) is 12.5 Å². The number of fused-ring (bicyclic) bond motifs is 1. The largest absolute Gasteiger partial charge is 0.287 e. The predicted octanol–water partition coefficient (Wildman–Crippen LogP) is 2.48. The zero-order chi connectivity index (χ0) is 19.9. The van der Waals surface area contributed by atoms with Crippen molar-refractivity contribution in [1.82, 2.24) is 15.4 Å². The topological polar surface area (TPSA) is 135 Å². The van der Waals surface area contributed by atoms with Crippen molar-refractivity contribution in [1.29, 1.82) is 0 Å². The summed E-state index contributed by atoms with van der Waals surface area (Å²) in [4.78, 5) is 30.4. The van der Waals surface area contributed by atoms with Crippen molar-refractivity contribution in [2.45, 2.75) is 6.92 Å². The fraction of sp³-hybridized carbons (Fsp3) is 0.0556. The second-order valence-electron chi connectivity index (χ2n) is 5.60. The first-order valence-corrected chi connectivity index (χ1v) is 8.12. The zero-order valence-corrected chi connectivity index (χ0v) is 14.7. The highest BCUT2D eigenvalue weighted by molar-refractivity contribution is 6.38. The van der Waals surface area contributed by atoms with Crippen molar-refractivity contribution in [2.75, 3.05) is 5.43 Å². The number of para-hydroxylation sites is 1. The standard InChI is InChI=1S/C18H15N7O3/c1-12(22-23-17-15-4-2-3-5-16(15)19-11-20-17)18(26)24-21-10-13-6-8-14(9-7-13)25(27)28/h2-11H,1H3,(H,24,26)(H,19,20,23)/b21-10+,22-12+. The minimum Gasteiger partial charge on any atom is -0.266 e. The molecule has 1 aromatic heterocycles. The maximum atomic E-state index is 12.0. The molecule has 3 rings (SSSR count). The summed E-state index contributed by atoms with van der Waals surface area (Å²) in [6.45, 7) is 1.52. The fourth-order valence-electron chi connectivity index (χ4n) is 2.21. The van der Waals surface area contributed by atoms with Crippen molar-refractivity contribution in [2.24, 2.45) is 10.2 Å². The number of anilines is 1. The monoisotopic (exact) mass is 377 g/mol. The third kappa shape index (κ3) is 4.49. The Morgan fingerprint density at radius 1 is 1.14 bits per heavy atom. The van der Waals surface area contributed by atoms with Gasteiger partial charge in [0.2, 0.25) is 0 Å². The lowest BCUT2D eigenvalue weighted by atomic mass is 10.2. The van der Waals surface area contributed by atoms with E-state index in [0.717, 1.165) is 10.9 Å². The number of aromatic nitrogens is 2. The van der Waals surface area contributed by atoms with Crippen LogP contribution < -0.4 is 10.9 Å². The molecule has 0 aliphatic heterocycles. The van der Waals surface area contributed by atoms with Gasteiger partial charge in [-0.3, -0.25) is 20.3 Å². The Hall–Kier alpha value is -4.21. The molecule has 0 fully saturated rings. The zero-order valence-electron chi connectivity index (χ0n) is 14.7. The van der Waals surface area contributed by atoms with Gasteiger partial charge in [-0.15, -0.1) is 0 Å². The van der Waals surface area contributed by atoms with E-state index in [1.807, 2.05) is 24.3 Å². The second-order valence-corrected chi connectivity index (χ2v) is 5.60. The minimum absolute atomic E-state index is 0.0208. The van der Waals surface area contributed by atoms with Crippen molar-refractivity contribution >= 4 is 40.2 Å². The maximum Gasteiger partial charge on any atom is 0.287 e. The Bertz CT molecular complexity index is 1070. The van der Waals surface area contributed by atoms with E-state index in [4.69, 9.17) is 0 Å². The van der Waals surface area contributed by atoms with E-state index in [1.165, 1.54) is 43.7 Å². The summed E-state index contributed by atoms with van der Waals surface area (Å²) in [5.41, 5.74) is 6.57. The Labute approximate surface area is 159 Å². The van der Waals surface area contributed by atoms with E-state index in [2.05, 4.69) is 31.0 Å². The average molecular weight is 377 g/mol. The summed E-state index contributed by atoms with van der Waals surface area (Å²) in [5, 5.41) is 19.2. The second kappa shape index (κ2) is 8.45. The number of hydrazone groups is 2. The number of hydrogen-bond donors (Lipinski definition) is 2. The molecule has 0 atom stereocenters. The number of non-ortho nitro benzene ring substituents is 1. The van der Waals surface area contributed by atoms with Crippen LogP contribution in [0.4, 0.5) is 11.5 Å². The number of benzene rings is 2. The highest BCUT2D eigenvalue weighted by atomic mass is 16.6. The number of nitro benzene ring substituents is 1. The summed E-state index contributed by atoms with van der Waals surface area (Å²) >= 11 is 0. The number of nitro groups is 1. The number of nitrogens with one attached hydrogen (secondary N) is 2. The van der Waals surface area contributed by atoms with Crippen LogP contribution in [0.15, 0.2) is 65.1 Å². The number of carbonyl (C=O) groups excluding carboxylic acids is 1. The summed E-state index contributed by atoms with van der Waals surface area (Å²) < 4.78 is 0. The Morgan fingerprint density at radius 2 is 1.89 bits per heavy atom. The lowest BCUT2D eigenvalue weighted by Gasteiger charge is -2.04. The van der Waals surface area contributed by atoms with Gasteiger partial charge in [-0.2, -0.15) is 10.2 Å². The van der Waals surface area contributed by atoms with E-state index in [0.29, 0.717) is 11.4 Å². The summed E-state index contributed by atoms with van der Waals surface area (Å²) in [6, 6.07) is 13.2. The lowest BCUT2D eigenvalue weighted by molar-refractivity contribution is -0.384. The molecule has 2 N–H and O–H groups in total. The van der Waals surface area contributed by atoms with E-state index in [-0.39, 0.29) is 11.4 Å². The first-order valence-electron chi connectivity index (χ1n) is 8.12. The molecule has 0 bridgehead atoms. The van der Waals surface area contributed by atoms with E-state index < -0.39 is 10.8 Å². The fourth-order valence-corrected chi connectivity index (χ4v) is 2.21. The van der Waals surface area contributed by atoms with Crippen molar-refractivity contribution < 1.29 is 9.72 Å². The normalized spacial score (nSPS) is 11.5. The number of amides is 1. The quantitative estimate of drug-likeness (QED) is 0.385. The number of nitrogens with zero attached hydrogens (tertiary/aromatic N) is 5. The van der Waals surface area contributed by atoms with E-state index in [9.17, 15) is 14.9 Å². The van der Waals surface area contributed by atoms with Crippen molar-refractivity contribution in [3.05, 3.63) is 70.5 Å². The van der Waals surface area contributed by atoms with Crippen LogP contribution in [0.2, 0.25) is 0 Å². The smallest absolute Gasteiger partial charge is 0.266 e. The van der Waals surface area contributed by atoms with Crippen molar-refractivity contribution in [3.63, 3.8) is 0 Å². The summed E-state index contributed by atoms with van der Waals surface area (Å²) in [5.74, 6) is -0.0313. The molecule has 1 heterocycles. The molecular weight excluding hydrogens is 362 g/mol. The van der Waals surface area contributed by atoms with Gasteiger partial charge >= 0.3 is 0 Å². The molecule has 10 heteroatoms. The maximum absolute atomic E-state index is 12.0. The van der Waals surface area contributed by atoms with Gasteiger partial charge in [0.1, 0.15) is 12.0 Å². The van der Waals surface area contributed by atoms with Crippen LogP contribution in [0.5, 0.6) is 0 Å². The summed E-state index contributed by atoms with van der Waals surface area (Å²) in [6.07, 6.45) is 2.78. The van der Waals surface area contributed by atoms with Gasteiger partial charge in [0.05, 0.1) is 16.7 Å². The summed E-state index contributed by atoms with van der Waals surface area (Å²) in [7, 11) is 0.